The van der Waals surface area contributed by atoms with Crippen LogP contribution in [0, 0.1) is 5.82 Å². The number of ether oxygens (including phenoxy) is 1. The van der Waals surface area contributed by atoms with Gasteiger partial charge in [0.1, 0.15) is 18.0 Å². The van der Waals surface area contributed by atoms with E-state index in [9.17, 15) is 18.8 Å². The van der Waals surface area contributed by atoms with Crippen molar-refractivity contribution in [3.63, 3.8) is 0 Å². The number of alkyl carbamates (subject to hydrolysis) is 1. The first kappa shape index (κ1) is 23.0. The van der Waals surface area contributed by atoms with E-state index >= 15 is 0 Å². The Balaban J connectivity index is 1.33. The van der Waals surface area contributed by atoms with Gasteiger partial charge in [0.2, 0.25) is 5.91 Å². The van der Waals surface area contributed by atoms with Crippen LogP contribution in [0.3, 0.4) is 0 Å². The Morgan fingerprint density at radius 2 is 1.59 bits per heavy atom. The standard InChI is InChI=1S/C26H23FN2O5/c1-15(13-23(30)29-22-12-6-11-21(27)24(22)25(31)32)28-26(33)34-14-20-18-9-4-2-7-16(18)17-8-3-5-10-19(17)20/h2-12,15,20H,13-14H2,1H3,(H,28,33)(H,29,30)(H,31,32). The van der Waals surface area contributed by atoms with Gasteiger partial charge in [-0.2, -0.15) is 0 Å². The van der Waals surface area contributed by atoms with Crippen molar-refractivity contribution < 1.29 is 28.6 Å². The molecular weight excluding hydrogens is 439 g/mol. The highest BCUT2D eigenvalue weighted by molar-refractivity contribution is 6.00. The van der Waals surface area contributed by atoms with Crippen LogP contribution >= 0.6 is 0 Å². The molecular formula is C26H23FN2O5. The first-order chi connectivity index (χ1) is 16.3. The van der Waals surface area contributed by atoms with E-state index in [0.29, 0.717) is 0 Å². The summed E-state index contributed by atoms with van der Waals surface area (Å²) in [7, 11) is 0. The summed E-state index contributed by atoms with van der Waals surface area (Å²) < 4.78 is 19.2. The van der Waals surface area contributed by atoms with Gasteiger partial charge >= 0.3 is 12.1 Å². The van der Waals surface area contributed by atoms with Crippen LogP contribution in [0.2, 0.25) is 0 Å². The number of carbonyl (C=O) groups excluding carboxylic acids is 2. The number of rotatable bonds is 7. The summed E-state index contributed by atoms with van der Waals surface area (Å²) in [5.74, 6) is -3.09. The zero-order valence-corrected chi connectivity index (χ0v) is 18.4. The predicted molar refractivity (Wildman–Crippen MR) is 124 cm³/mol. The highest BCUT2D eigenvalue weighted by Crippen LogP contribution is 2.44. The normalized spacial score (nSPS) is 12.9. The summed E-state index contributed by atoms with van der Waals surface area (Å²) in [6.45, 7) is 1.76. The molecule has 8 heteroatoms. The first-order valence-electron chi connectivity index (χ1n) is 10.8. The maximum Gasteiger partial charge on any atom is 0.407 e. The molecule has 0 radical (unpaired) electrons. The lowest BCUT2D eigenvalue weighted by Crippen LogP contribution is -2.36. The highest BCUT2D eigenvalue weighted by atomic mass is 19.1. The van der Waals surface area contributed by atoms with Gasteiger partial charge in [-0.1, -0.05) is 54.6 Å². The summed E-state index contributed by atoms with van der Waals surface area (Å²) in [5, 5.41) is 14.2. The zero-order valence-electron chi connectivity index (χ0n) is 18.4. The van der Waals surface area contributed by atoms with Crippen molar-refractivity contribution in [2.75, 3.05) is 11.9 Å². The molecule has 1 unspecified atom stereocenters. The Bertz CT molecular complexity index is 1210. The van der Waals surface area contributed by atoms with Crippen molar-refractivity contribution in [1.82, 2.24) is 5.32 Å². The fourth-order valence-electron chi connectivity index (χ4n) is 4.22. The van der Waals surface area contributed by atoms with Gasteiger partial charge in [0, 0.05) is 18.4 Å². The van der Waals surface area contributed by atoms with Crippen LogP contribution in [0.15, 0.2) is 66.7 Å². The van der Waals surface area contributed by atoms with E-state index in [1.54, 1.807) is 6.92 Å². The third kappa shape index (κ3) is 4.76. The van der Waals surface area contributed by atoms with Gasteiger partial charge in [-0.05, 0) is 41.3 Å². The maximum atomic E-state index is 13.8. The van der Waals surface area contributed by atoms with Crippen molar-refractivity contribution in [2.45, 2.75) is 25.3 Å². The number of anilines is 1. The lowest BCUT2D eigenvalue weighted by molar-refractivity contribution is -0.116. The Kier molecular flexibility index (Phi) is 6.58. The predicted octanol–water partition coefficient (Wildman–Crippen LogP) is 4.78. The third-order valence-electron chi connectivity index (χ3n) is 5.70. The van der Waals surface area contributed by atoms with Crippen LogP contribution in [0.4, 0.5) is 14.9 Å². The number of hydrogen-bond donors (Lipinski definition) is 3. The number of fused-ring (bicyclic) bond motifs is 3. The van der Waals surface area contributed by atoms with E-state index in [4.69, 9.17) is 9.84 Å². The van der Waals surface area contributed by atoms with Gasteiger partial charge in [-0.15, -0.1) is 0 Å². The van der Waals surface area contributed by atoms with E-state index < -0.39 is 35.4 Å². The van der Waals surface area contributed by atoms with Gasteiger partial charge in [-0.3, -0.25) is 4.79 Å². The quantitative estimate of drug-likeness (QED) is 0.469. The smallest absolute Gasteiger partial charge is 0.407 e. The molecule has 2 amide bonds. The van der Waals surface area contributed by atoms with E-state index in [1.165, 1.54) is 12.1 Å². The van der Waals surface area contributed by atoms with E-state index in [-0.39, 0.29) is 24.6 Å². The number of carbonyl (C=O) groups is 3. The van der Waals surface area contributed by atoms with E-state index in [2.05, 4.69) is 10.6 Å². The number of carboxylic acid groups (broad SMARTS) is 1. The van der Waals surface area contributed by atoms with Gasteiger partial charge in [0.05, 0.1) is 5.69 Å². The number of carboxylic acids is 1. The first-order valence-corrected chi connectivity index (χ1v) is 10.8. The molecule has 3 aromatic carbocycles. The zero-order chi connectivity index (χ0) is 24.2. The molecule has 34 heavy (non-hydrogen) atoms. The second kappa shape index (κ2) is 9.74. The molecule has 1 atom stereocenters. The summed E-state index contributed by atoms with van der Waals surface area (Å²) >= 11 is 0. The maximum absolute atomic E-state index is 13.8. The third-order valence-corrected chi connectivity index (χ3v) is 5.70. The largest absolute Gasteiger partial charge is 0.478 e. The molecule has 3 N–H and O–H groups in total. The summed E-state index contributed by atoms with van der Waals surface area (Å²) in [4.78, 5) is 35.9. The van der Waals surface area contributed by atoms with E-state index in [0.717, 1.165) is 28.3 Å². The molecule has 0 bridgehead atoms. The number of hydrogen-bond acceptors (Lipinski definition) is 4. The molecule has 3 aromatic rings. The van der Waals surface area contributed by atoms with Crippen LogP contribution in [0.25, 0.3) is 11.1 Å². The molecule has 0 saturated heterocycles. The molecule has 4 rings (SSSR count). The Morgan fingerprint density at radius 3 is 2.21 bits per heavy atom. The van der Waals surface area contributed by atoms with Crippen LogP contribution in [-0.4, -0.2) is 35.7 Å². The average Bonchev–Trinajstić information content (AvgIpc) is 3.11. The Morgan fingerprint density at radius 1 is 0.971 bits per heavy atom. The second-order valence-electron chi connectivity index (χ2n) is 8.09. The summed E-state index contributed by atoms with van der Waals surface area (Å²) in [6, 6.07) is 19.0. The fraction of sp³-hybridized carbons (Fsp3) is 0.192. The molecule has 0 heterocycles. The van der Waals surface area contributed by atoms with Gasteiger partial charge in [-0.25, -0.2) is 14.0 Å². The number of amides is 2. The topological polar surface area (TPSA) is 105 Å². The Hall–Kier alpha value is -4.20. The lowest BCUT2D eigenvalue weighted by Gasteiger charge is -2.17. The number of halogens is 1. The monoisotopic (exact) mass is 462 g/mol. The summed E-state index contributed by atoms with van der Waals surface area (Å²) in [6.07, 6.45) is -0.820. The minimum atomic E-state index is -1.49. The number of aromatic carboxylic acids is 1. The fourth-order valence-corrected chi connectivity index (χ4v) is 4.22. The minimum absolute atomic E-state index is 0.0841. The van der Waals surface area contributed by atoms with Crippen LogP contribution in [-0.2, 0) is 9.53 Å². The average molecular weight is 462 g/mol. The van der Waals surface area contributed by atoms with Crippen molar-refractivity contribution in [1.29, 1.82) is 0 Å². The van der Waals surface area contributed by atoms with Crippen molar-refractivity contribution in [3.05, 3.63) is 89.2 Å². The summed E-state index contributed by atoms with van der Waals surface area (Å²) in [5.41, 5.74) is 3.66. The molecule has 0 saturated carbocycles. The van der Waals surface area contributed by atoms with Gasteiger partial charge < -0.3 is 20.5 Å². The van der Waals surface area contributed by atoms with Crippen molar-refractivity contribution in [2.24, 2.45) is 0 Å². The molecule has 0 spiro atoms. The van der Waals surface area contributed by atoms with Crippen LogP contribution in [0.5, 0.6) is 0 Å². The molecule has 7 nitrogen and oxygen atoms in total. The number of nitrogens with one attached hydrogen (secondary N) is 2. The van der Waals surface area contributed by atoms with Gasteiger partial charge in [0.25, 0.3) is 0 Å². The lowest BCUT2D eigenvalue weighted by atomic mass is 9.98. The van der Waals surface area contributed by atoms with Crippen LogP contribution < -0.4 is 10.6 Å². The molecule has 1 aliphatic rings. The van der Waals surface area contributed by atoms with Crippen molar-refractivity contribution in [3.8, 4) is 11.1 Å². The van der Waals surface area contributed by atoms with Gasteiger partial charge in [0.15, 0.2) is 0 Å². The second-order valence-corrected chi connectivity index (χ2v) is 8.09. The molecule has 1 aliphatic carbocycles. The molecule has 174 valence electrons. The van der Waals surface area contributed by atoms with Crippen molar-refractivity contribution >= 4 is 23.7 Å². The minimum Gasteiger partial charge on any atom is -0.478 e. The van der Waals surface area contributed by atoms with E-state index in [1.807, 2.05) is 48.5 Å². The molecule has 0 fully saturated rings. The number of benzene rings is 3. The molecule has 0 aliphatic heterocycles. The SMILES string of the molecule is CC(CC(=O)Nc1cccc(F)c1C(=O)O)NC(=O)OCC1c2ccccc2-c2ccccc21. The Labute approximate surface area is 195 Å². The molecule has 0 aromatic heterocycles. The highest BCUT2D eigenvalue weighted by Gasteiger charge is 2.29. The van der Waals surface area contributed by atoms with Crippen LogP contribution in [0.1, 0.15) is 40.7 Å².